The second-order valence-electron chi connectivity index (χ2n) is 4.27. The summed E-state index contributed by atoms with van der Waals surface area (Å²) in [5.74, 6) is 0. The zero-order valence-corrected chi connectivity index (χ0v) is 13.8. The largest absolute Gasteiger partial charge is 0.384 e. The minimum Gasteiger partial charge on any atom is -0.384 e. The molecule has 1 atom stereocenters. The van der Waals surface area contributed by atoms with Crippen molar-refractivity contribution < 1.29 is 5.11 Å². The Morgan fingerprint density at radius 1 is 1.05 bits per heavy atom. The first kappa shape index (κ1) is 13.3. The van der Waals surface area contributed by atoms with E-state index in [1.165, 1.54) is 4.70 Å². The van der Waals surface area contributed by atoms with Crippen molar-refractivity contribution in [3.05, 3.63) is 67.9 Å². The van der Waals surface area contributed by atoms with Gasteiger partial charge in [-0.25, -0.2) is 0 Å². The van der Waals surface area contributed by atoms with Crippen molar-refractivity contribution in [3.63, 3.8) is 0 Å². The monoisotopic (exact) mass is 396 g/mol. The molecule has 3 rings (SSSR count). The van der Waals surface area contributed by atoms with Gasteiger partial charge in [0.25, 0.3) is 0 Å². The smallest absolute Gasteiger partial charge is 0.105 e. The van der Waals surface area contributed by atoms with E-state index in [1.54, 1.807) is 11.3 Å². The highest BCUT2D eigenvalue weighted by Gasteiger charge is 2.16. The lowest BCUT2D eigenvalue weighted by molar-refractivity contribution is 0.222. The van der Waals surface area contributed by atoms with Gasteiger partial charge in [0.2, 0.25) is 0 Å². The van der Waals surface area contributed by atoms with Gasteiger partial charge in [0.15, 0.2) is 0 Å². The number of thiophene rings is 1. The summed E-state index contributed by atoms with van der Waals surface area (Å²) in [5.41, 5.74) is 1.86. The molecule has 1 unspecified atom stereocenters. The minimum absolute atomic E-state index is 0.597. The molecule has 0 aliphatic carbocycles. The summed E-state index contributed by atoms with van der Waals surface area (Å²) in [6, 6.07) is 13.9. The first-order valence-electron chi connectivity index (χ1n) is 5.76. The highest BCUT2D eigenvalue weighted by molar-refractivity contribution is 9.11. The predicted octanol–water partition coefficient (Wildman–Crippen LogP) is 5.51. The van der Waals surface area contributed by atoms with Crippen LogP contribution in [0.25, 0.3) is 10.1 Å². The highest BCUT2D eigenvalue weighted by atomic mass is 79.9. The molecule has 1 heterocycles. The second-order valence-corrected chi connectivity index (χ2v) is 6.91. The van der Waals surface area contributed by atoms with Gasteiger partial charge >= 0.3 is 0 Å². The van der Waals surface area contributed by atoms with E-state index in [4.69, 9.17) is 0 Å². The van der Waals surface area contributed by atoms with Crippen LogP contribution in [0.4, 0.5) is 0 Å². The maximum Gasteiger partial charge on any atom is 0.105 e. The molecule has 1 N–H and O–H groups in total. The van der Waals surface area contributed by atoms with Crippen LogP contribution in [0.2, 0.25) is 0 Å². The lowest BCUT2D eigenvalue weighted by Gasteiger charge is -2.11. The lowest BCUT2D eigenvalue weighted by atomic mass is 10.0. The number of aliphatic hydroxyl groups excluding tert-OH is 1. The van der Waals surface area contributed by atoms with Crippen LogP contribution in [0.15, 0.2) is 56.8 Å². The van der Waals surface area contributed by atoms with Gasteiger partial charge in [-0.2, -0.15) is 0 Å². The summed E-state index contributed by atoms with van der Waals surface area (Å²) in [6.07, 6.45) is -0.597. The first-order valence-corrected chi connectivity index (χ1v) is 8.22. The van der Waals surface area contributed by atoms with Gasteiger partial charge in [-0.1, -0.05) is 40.2 Å². The molecule has 0 saturated carbocycles. The van der Waals surface area contributed by atoms with Gasteiger partial charge in [0.05, 0.1) is 0 Å². The molecular formula is C15H10Br2OS. The van der Waals surface area contributed by atoms with E-state index in [-0.39, 0.29) is 0 Å². The summed E-state index contributed by atoms with van der Waals surface area (Å²) >= 11 is 8.64. The van der Waals surface area contributed by atoms with E-state index in [1.807, 2.05) is 47.8 Å². The molecule has 0 spiro atoms. The van der Waals surface area contributed by atoms with Crippen molar-refractivity contribution >= 4 is 53.3 Å². The quantitative estimate of drug-likeness (QED) is 0.604. The number of hydrogen-bond acceptors (Lipinski definition) is 2. The molecule has 0 saturated heterocycles. The molecule has 1 aromatic heterocycles. The average molecular weight is 398 g/mol. The summed E-state index contributed by atoms with van der Waals surface area (Å²) in [7, 11) is 0. The molecule has 0 bridgehead atoms. The van der Waals surface area contributed by atoms with Crippen LogP contribution < -0.4 is 0 Å². The molecule has 3 aromatic rings. The number of fused-ring (bicyclic) bond motifs is 1. The predicted molar refractivity (Wildman–Crippen MR) is 87.7 cm³/mol. The zero-order valence-electron chi connectivity index (χ0n) is 9.81. The SMILES string of the molecule is OC(c1cccc(Br)c1)c1csc2c(Br)cccc12. The number of hydrogen-bond donors (Lipinski definition) is 1. The zero-order chi connectivity index (χ0) is 13.4. The van der Waals surface area contributed by atoms with Crippen LogP contribution in [-0.4, -0.2) is 5.11 Å². The van der Waals surface area contributed by atoms with Crippen molar-refractivity contribution in [2.24, 2.45) is 0 Å². The van der Waals surface area contributed by atoms with E-state index in [0.717, 1.165) is 25.5 Å². The Balaban J connectivity index is 2.12. The molecule has 19 heavy (non-hydrogen) atoms. The first-order chi connectivity index (χ1) is 9.16. The molecule has 96 valence electrons. The van der Waals surface area contributed by atoms with Crippen LogP contribution in [0, 0.1) is 0 Å². The molecular weight excluding hydrogens is 388 g/mol. The Bertz CT molecular complexity index is 736. The van der Waals surface area contributed by atoms with Gasteiger partial charge in [0.1, 0.15) is 6.10 Å². The lowest BCUT2D eigenvalue weighted by Crippen LogP contribution is -1.98. The van der Waals surface area contributed by atoms with Gasteiger partial charge in [-0.3, -0.25) is 0 Å². The molecule has 0 radical (unpaired) electrons. The Kier molecular flexibility index (Phi) is 3.76. The Morgan fingerprint density at radius 2 is 1.84 bits per heavy atom. The van der Waals surface area contributed by atoms with Crippen molar-refractivity contribution in [1.29, 1.82) is 0 Å². The van der Waals surface area contributed by atoms with Gasteiger partial charge in [0, 0.05) is 19.2 Å². The molecule has 4 heteroatoms. The Hall–Kier alpha value is -0.680. The molecule has 0 fully saturated rings. The van der Waals surface area contributed by atoms with Gasteiger partial charge < -0.3 is 5.11 Å². The molecule has 2 aromatic carbocycles. The Morgan fingerprint density at radius 3 is 2.63 bits per heavy atom. The number of aliphatic hydroxyl groups is 1. The number of benzene rings is 2. The summed E-state index contributed by atoms with van der Waals surface area (Å²) < 4.78 is 3.22. The van der Waals surface area contributed by atoms with Crippen LogP contribution in [-0.2, 0) is 0 Å². The summed E-state index contributed by atoms with van der Waals surface area (Å²) in [4.78, 5) is 0. The van der Waals surface area contributed by atoms with E-state index in [9.17, 15) is 5.11 Å². The third-order valence-corrected chi connectivity index (χ3v) is 5.50. The fourth-order valence-corrected chi connectivity index (χ4v) is 4.17. The average Bonchev–Trinajstić information content (AvgIpc) is 2.83. The molecule has 0 aliphatic heterocycles. The molecule has 0 amide bonds. The normalized spacial score (nSPS) is 12.8. The van der Waals surface area contributed by atoms with Crippen LogP contribution in [0.5, 0.6) is 0 Å². The second kappa shape index (κ2) is 5.37. The highest BCUT2D eigenvalue weighted by Crippen LogP contribution is 2.37. The van der Waals surface area contributed by atoms with E-state index in [0.29, 0.717) is 0 Å². The van der Waals surface area contributed by atoms with Crippen molar-refractivity contribution in [1.82, 2.24) is 0 Å². The van der Waals surface area contributed by atoms with Crippen LogP contribution in [0.3, 0.4) is 0 Å². The van der Waals surface area contributed by atoms with Crippen molar-refractivity contribution in [2.75, 3.05) is 0 Å². The maximum absolute atomic E-state index is 10.6. The summed E-state index contributed by atoms with van der Waals surface area (Å²) in [5, 5.41) is 13.7. The number of rotatable bonds is 2. The topological polar surface area (TPSA) is 20.2 Å². The summed E-state index contributed by atoms with van der Waals surface area (Å²) in [6.45, 7) is 0. The van der Waals surface area contributed by atoms with E-state index in [2.05, 4.69) is 31.9 Å². The third-order valence-electron chi connectivity index (χ3n) is 3.04. The fourth-order valence-electron chi connectivity index (χ4n) is 2.11. The minimum atomic E-state index is -0.597. The van der Waals surface area contributed by atoms with E-state index >= 15 is 0 Å². The fraction of sp³-hybridized carbons (Fsp3) is 0.0667. The van der Waals surface area contributed by atoms with E-state index < -0.39 is 6.10 Å². The van der Waals surface area contributed by atoms with Crippen LogP contribution >= 0.6 is 43.2 Å². The maximum atomic E-state index is 10.6. The number of halogens is 2. The van der Waals surface area contributed by atoms with Crippen molar-refractivity contribution in [2.45, 2.75) is 6.10 Å². The Labute approximate surface area is 132 Å². The molecule has 1 nitrogen and oxygen atoms in total. The molecule has 0 aliphatic rings. The van der Waals surface area contributed by atoms with Gasteiger partial charge in [-0.15, -0.1) is 11.3 Å². The van der Waals surface area contributed by atoms with Crippen LogP contribution in [0.1, 0.15) is 17.2 Å². The third kappa shape index (κ3) is 2.50. The van der Waals surface area contributed by atoms with Gasteiger partial charge in [-0.05, 0) is 50.5 Å². The van der Waals surface area contributed by atoms with Crippen molar-refractivity contribution in [3.8, 4) is 0 Å². The standard InChI is InChI=1S/C15H10Br2OS/c16-10-4-1-3-9(7-10)14(18)12-8-19-15-11(12)5-2-6-13(15)17/h1-8,14,18H.